The van der Waals surface area contributed by atoms with Crippen LogP contribution >= 0.6 is 11.3 Å². The highest BCUT2D eigenvalue weighted by molar-refractivity contribution is 7.22. The zero-order valence-corrected chi connectivity index (χ0v) is 16.0. The molecule has 0 saturated carbocycles. The predicted octanol–water partition coefficient (Wildman–Crippen LogP) is 4.30. The second kappa shape index (κ2) is 8.19. The van der Waals surface area contributed by atoms with Crippen LogP contribution < -0.4 is 14.4 Å². The van der Waals surface area contributed by atoms with E-state index in [0.29, 0.717) is 30.9 Å². The molecule has 0 aliphatic rings. The smallest absolute Gasteiger partial charge is 0.229 e. The zero-order valence-electron chi connectivity index (χ0n) is 15.2. The first kappa shape index (κ1) is 18.2. The molecule has 0 aliphatic carbocycles. The maximum atomic E-state index is 12.7. The van der Waals surface area contributed by atoms with E-state index in [1.165, 1.54) is 0 Å². The van der Waals surface area contributed by atoms with E-state index in [4.69, 9.17) is 9.47 Å². The lowest BCUT2D eigenvalue weighted by Crippen LogP contribution is -2.30. The molecule has 0 unspecified atom stereocenters. The number of nitrogens with zero attached hydrogens (tertiary/aromatic N) is 2. The monoisotopic (exact) mass is 370 g/mol. The molecular weight excluding hydrogens is 348 g/mol. The molecule has 1 amide bonds. The van der Waals surface area contributed by atoms with Crippen LogP contribution in [0, 0.1) is 0 Å². The van der Waals surface area contributed by atoms with Crippen molar-refractivity contribution in [1.29, 1.82) is 0 Å². The molecule has 6 heteroatoms. The number of para-hydroxylation sites is 1. The fraction of sp³-hybridized carbons (Fsp3) is 0.300. The quantitative estimate of drug-likeness (QED) is 0.622. The van der Waals surface area contributed by atoms with Gasteiger partial charge in [0, 0.05) is 13.0 Å². The molecule has 0 saturated heterocycles. The average Bonchev–Trinajstić information content (AvgIpc) is 3.10. The number of anilines is 1. The first-order valence-corrected chi connectivity index (χ1v) is 9.34. The number of benzene rings is 2. The minimum Gasteiger partial charge on any atom is -0.493 e. The van der Waals surface area contributed by atoms with E-state index in [1.54, 1.807) is 30.5 Å². The van der Waals surface area contributed by atoms with Gasteiger partial charge in [0.15, 0.2) is 16.6 Å². The Hall–Kier alpha value is -2.60. The lowest BCUT2D eigenvalue weighted by atomic mass is 10.1. The van der Waals surface area contributed by atoms with Crippen LogP contribution in [0.4, 0.5) is 5.13 Å². The van der Waals surface area contributed by atoms with E-state index in [0.717, 1.165) is 20.9 Å². The second-order valence-electron chi connectivity index (χ2n) is 5.79. The Labute approximate surface area is 157 Å². The van der Waals surface area contributed by atoms with Crippen molar-refractivity contribution < 1.29 is 14.3 Å². The van der Waals surface area contributed by atoms with Gasteiger partial charge in [-0.1, -0.05) is 29.5 Å². The highest BCUT2D eigenvalue weighted by Gasteiger charge is 2.18. The number of hydrogen-bond acceptors (Lipinski definition) is 5. The summed E-state index contributed by atoms with van der Waals surface area (Å²) in [5.41, 5.74) is 1.97. The van der Waals surface area contributed by atoms with Gasteiger partial charge in [-0.2, -0.15) is 0 Å². The number of hydrogen-bond donors (Lipinski definition) is 0. The molecule has 0 N–H and O–H groups in total. The molecule has 5 nitrogen and oxygen atoms in total. The summed E-state index contributed by atoms with van der Waals surface area (Å²) in [7, 11) is 3.22. The molecule has 0 fully saturated rings. The number of fused-ring (bicyclic) bond motifs is 1. The van der Waals surface area contributed by atoms with Gasteiger partial charge in [-0.3, -0.25) is 9.69 Å². The normalized spacial score (nSPS) is 10.7. The van der Waals surface area contributed by atoms with Crippen LogP contribution in [0.3, 0.4) is 0 Å². The maximum absolute atomic E-state index is 12.7. The molecule has 136 valence electrons. The lowest BCUT2D eigenvalue weighted by Gasteiger charge is -2.17. The van der Waals surface area contributed by atoms with Gasteiger partial charge in [-0.15, -0.1) is 0 Å². The summed E-state index contributed by atoms with van der Waals surface area (Å²) in [5.74, 6) is 1.43. The Morgan fingerprint density at radius 2 is 1.88 bits per heavy atom. The van der Waals surface area contributed by atoms with Crippen molar-refractivity contribution in [3.05, 3.63) is 48.0 Å². The van der Waals surface area contributed by atoms with Crippen molar-refractivity contribution in [3.8, 4) is 11.5 Å². The number of carbonyl (C=O) groups is 1. The summed E-state index contributed by atoms with van der Waals surface area (Å²) < 4.78 is 11.7. The average molecular weight is 370 g/mol. The molecule has 0 spiro atoms. The van der Waals surface area contributed by atoms with Crippen molar-refractivity contribution in [3.63, 3.8) is 0 Å². The van der Waals surface area contributed by atoms with Crippen LogP contribution in [0.15, 0.2) is 42.5 Å². The Morgan fingerprint density at radius 1 is 1.12 bits per heavy atom. The van der Waals surface area contributed by atoms with Crippen LogP contribution in [-0.2, 0) is 11.2 Å². The van der Waals surface area contributed by atoms with E-state index < -0.39 is 0 Å². The topological polar surface area (TPSA) is 51.7 Å². The molecule has 3 rings (SSSR count). The molecule has 26 heavy (non-hydrogen) atoms. The second-order valence-corrected chi connectivity index (χ2v) is 6.80. The SMILES string of the molecule is CCN(C(=O)CCc1ccc(OC)c(OC)c1)c1nc2ccccc2s1. The number of carbonyl (C=O) groups excluding carboxylic acids is 1. The summed E-state index contributed by atoms with van der Waals surface area (Å²) in [5, 5.41) is 0.756. The van der Waals surface area contributed by atoms with E-state index in [1.807, 2.05) is 49.4 Å². The van der Waals surface area contributed by atoms with E-state index in [2.05, 4.69) is 4.98 Å². The van der Waals surface area contributed by atoms with Crippen molar-refractivity contribution in [2.24, 2.45) is 0 Å². The van der Waals surface area contributed by atoms with E-state index >= 15 is 0 Å². The summed E-state index contributed by atoms with van der Waals surface area (Å²) in [4.78, 5) is 19.1. The molecule has 0 aliphatic heterocycles. The van der Waals surface area contributed by atoms with Gasteiger partial charge in [0.1, 0.15) is 0 Å². The third kappa shape index (κ3) is 3.80. The summed E-state index contributed by atoms with van der Waals surface area (Å²) >= 11 is 1.55. The van der Waals surface area contributed by atoms with E-state index in [-0.39, 0.29) is 5.91 Å². The molecule has 0 atom stereocenters. The Bertz CT molecular complexity index is 874. The van der Waals surface area contributed by atoms with Gasteiger partial charge in [0.25, 0.3) is 0 Å². The van der Waals surface area contributed by atoms with Gasteiger partial charge < -0.3 is 9.47 Å². The number of rotatable bonds is 7. The van der Waals surface area contributed by atoms with Gasteiger partial charge in [0.2, 0.25) is 5.91 Å². The lowest BCUT2D eigenvalue weighted by molar-refractivity contribution is -0.118. The Kier molecular flexibility index (Phi) is 5.73. The largest absolute Gasteiger partial charge is 0.493 e. The van der Waals surface area contributed by atoms with Gasteiger partial charge >= 0.3 is 0 Å². The fourth-order valence-corrected chi connectivity index (χ4v) is 3.86. The minimum absolute atomic E-state index is 0.0707. The molecule has 1 heterocycles. The zero-order chi connectivity index (χ0) is 18.5. The number of amides is 1. The van der Waals surface area contributed by atoms with E-state index in [9.17, 15) is 4.79 Å². The summed E-state index contributed by atoms with van der Waals surface area (Å²) in [6, 6.07) is 13.7. The molecule has 3 aromatic rings. The van der Waals surface area contributed by atoms with Crippen molar-refractivity contribution in [2.45, 2.75) is 19.8 Å². The number of ether oxygens (including phenoxy) is 2. The number of methoxy groups -OCH3 is 2. The molecule has 1 aromatic heterocycles. The standard InChI is InChI=1S/C20H22N2O3S/c1-4-22(20-21-15-7-5-6-8-18(15)26-20)19(23)12-10-14-9-11-16(24-2)17(13-14)25-3/h5-9,11,13H,4,10,12H2,1-3H3. The third-order valence-electron chi connectivity index (χ3n) is 4.21. The number of thiazole rings is 1. The summed E-state index contributed by atoms with van der Waals surface area (Å²) in [6.07, 6.45) is 1.06. The van der Waals surface area contributed by atoms with Crippen LogP contribution in [0.1, 0.15) is 18.9 Å². The molecule has 0 radical (unpaired) electrons. The highest BCUT2D eigenvalue weighted by Crippen LogP contribution is 2.30. The van der Waals surface area contributed by atoms with Gasteiger partial charge in [0.05, 0.1) is 24.4 Å². The number of aryl methyl sites for hydroxylation is 1. The van der Waals surface area contributed by atoms with Crippen molar-refractivity contribution in [1.82, 2.24) is 4.98 Å². The summed E-state index contributed by atoms with van der Waals surface area (Å²) in [6.45, 7) is 2.57. The predicted molar refractivity (Wildman–Crippen MR) is 106 cm³/mol. The van der Waals surface area contributed by atoms with Gasteiger partial charge in [-0.05, 0) is 43.2 Å². The van der Waals surface area contributed by atoms with Crippen LogP contribution in [0.25, 0.3) is 10.2 Å². The third-order valence-corrected chi connectivity index (χ3v) is 5.27. The first-order valence-electron chi connectivity index (χ1n) is 8.53. The minimum atomic E-state index is 0.0707. The molecule has 2 aromatic carbocycles. The van der Waals surface area contributed by atoms with Crippen molar-refractivity contribution in [2.75, 3.05) is 25.7 Å². The molecular formula is C20H22N2O3S. The van der Waals surface area contributed by atoms with Crippen LogP contribution in [0.2, 0.25) is 0 Å². The highest BCUT2D eigenvalue weighted by atomic mass is 32.1. The van der Waals surface area contributed by atoms with Crippen LogP contribution in [-0.4, -0.2) is 31.7 Å². The van der Waals surface area contributed by atoms with Gasteiger partial charge in [-0.25, -0.2) is 4.98 Å². The molecule has 0 bridgehead atoms. The maximum Gasteiger partial charge on any atom is 0.229 e. The fourth-order valence-electron chi connectivity index (χ4n) is 2.82. The van der Waals surface area contributed by atoms with Crippen molar-refractivity contribution >= 4 is 32.6 Å². The Morgan fingerprint density at radius 3 is 2.58 bits per heavy atom. The number of aromatic nitrogens is 1. The Balaban J connectivity index is 1.71. The van der Waals surface area contributed by atoms with Crippen LogP contribution in [0.5, 0.6) is 11.5 Å². The first-order chi connectivity index (χ1) is 12.7.